The van der Waals surface area contributed by atoms with Crippen LogP contribution in [-0.4, -0.2) is 30.9 Å². The van der Waals surface area contributed by atoms with E-state index in [9.17, 15) is 8.42 Å². The van der Waals surface area contributed by atoms with Crippen molar-refractivity contribution < 1.29 is 8.42 Å². The van der Waals surface area contributed by atoms with Crippen molar-refractivity contribution in [2.45, 2.75) is 31.9 Å². The molecule has 0 amide bonds. The maximum Gasteiger partial charge on any atom is 0.154 e. The molecule has 2 rings (SSSR count). The highest BCUT2D eigenvalue weighted by molar-refractivity contribution is 7.92. The number of rotatable bonds is 3. The number of aryl methyl sites for hydroxylation is 2. The van der Waals surface area contributed by atoms with Gasteiger partial charge in [-0.1, -0.05) is 0 Å². The molecule has 1 N–H and O–H groups in total. The van der Waals surface area contributed by atoms with Gasteiger partial charge >= 0.3 is 0 Å². The van der Waals surface area contributed by atoms with Crippen LogP contribution in [0.4, 0.5) is 5.69 Å². The van der Waals surface area contributed by atoms with Gasteiger partial charge in [0.15, 0.2) is 9.84 Å². The SMILES string of the molecule is Cc1cc(NCC2CCCS2(=O)=O)cc(C)n1. The lowest BCUT2D eigenvalue weighted by molar-refractivity contribution is 0.591. The zero-order valence-electron chi connectivity index (χ0n) is 10.2. The van der Waals surface area contributed by atoms with Gasteiger partial charge in [0.1, 0.15) is 0 Å². The Morgan fingerprint density at radius 3 is 2.53 bits per heavy atom. The van der Waals surface area contributed by atoms with Crippen LogP contribution in [0.25, 0.3) is 0 Å². The molecule has 0 saturated carbocycles. The molecule has 4 nitrogen and oxygen atoms in total. The van der Waals surface area contributed by atoms with Crippen LogP contribution < -0.4 is 5.32 Å². The molecule has 94 valence electrons. The molecule has 0 radical (unpaired) electrons. The first-order valence-corrected chi connectivity index (χ1v) is 7.60. The maximum absolute atomic E-state index is 11.7. The highest BCUT2D eigenvalue weighted by Gasteiger charge is 2.30. The molecule has 5 heteroatoms. The Bertz CT molecular complexity index is 491. The van der Waals surface area contributed by atoms with Crippen LogP contribution >= 0.6 is 0 Å². The van der Waals surface area contributed by atoms with Crippen LogP contribution in [0.15, 0.2) is 12.1 Å². The largest absolute Gasteiger partial charge is 0.384 e. The van der Waals surface area contributed by atoms with E-state index in [1.54, 1.807) is 0 Å². The average molecular weight is 254 g/mol. The smallest absolute Gasteiger partial charge is 0.154 e. The second-order valence-corrected chi connectivity index (χ2v) is 7.05. The molecule has 2 heterocycles. The third kappa shape index (κ3) is 2.97. The fraction of sp³-hybridized carbons (Fsp3) is 0.583. The molecule has 0 aliphatic carbocycles. The number of hydrogen-bond donors (Lipinski definition) is 1. The summed E-state index contributed by atoms with van der Waals surface area (Å²) >= 11 is 0. The van der Waals surface area contributed by atoms with E-state index < -0.39 is 9.84 Å². The van der Waals surface area contributed by atoms with Crippen molar-refractivity contribution >= 4 is 15.5 Å². The molecule has 0 aromatic carbocycles. The Balaban J connectivity index is 2.03. The Kier molecular flexibility index (Phi) is 3.38. The molecule has 1 fully saturated rings. The number of pyridine rings is 1. The van der Waals surface area contributed by atoms with Crippen molar-refractivity contribution in [2.75, 3.05) is 17.6 Å². The van der Waals surface area contributed by atoms with Gasteiger partial charge in [-0.3, -0.25) is 4.98 Å². The molecular formula is C12H18N2O2S. The summed E-state index contributed by atoms with van der Waals surface area (Å²) in [4.78, 5) is 4.28. The first-order chi connectivity index (χ1) is 7.97. The lowest BCUT2D eigenvalue weighted by Gasteiger charge is -2.12. The molecular weight excluding hydrogens is 236 g/mol. The fourth-order valence-corrected chi connectivity index (χ4v) is 4.02. The third-order valence-corrected chi connectivity index (χ3v) is 5.35. The first kappa shape index (κ1) is 12.4. The summed E-state index contributed by atoms with van der Waals surface area (Å²) in [7, 11) is -2.86. The molecule has 1 unspecified atom stereocenters. The predicted molar refractivity (Wildman–Crippen MR) is 69.0 cm³/mol. The summed E-state index contributed by atoms with van der Waals surface area (Å²) < 4.78 is 23.3. The van der Waals surface area contributed by atoms with E-state index in [2.05, 4.69) is 10.3 Å². The van der Waals surface area contributed by atoms with Crippen LogP contribution in [0.5, 0.6) is 0 Å². The quantitative estimate of drug-likeness (QED) is 0.891. The summed E-state index contributed by atoms with van der Waals surface area (Å²) in [6, 6.07) is 3.88. The molecule has 0 bridgehead atoms. The minimum atomic E-state index is -2.86. The van der Waals surface area contributed by atoms with Crippen molar-refractivity contribution in [3.63, 3.8) is 0 Å². The molecule has 1 aliphatic heterocycles. The predicted octanol–water partition coefficient (Wildman–Crippen LogP) is 1.69. The van der Waals surface area contributed by atoms with Gasteiger partial charge in [0.25, 0.3) is 0 Å². The second-order valence-electron chi connectivity index (χ2n) is 4.65. The van der Waals surface area contributed by atoms with Crippen molar-refractivity contribution in [1.82, 2.24) is 4.98 Å². The van der Waals surface area contributed by atoms with Crippen LogP contribution in [0, 0.1) is 13.8 Å². The van der Waals surface area contributed by atoms with Gasteiger partial charge in [0.05, 0.1) is 11.0 Å². The van der Waals surface area contributed by atoms with Crippen molar-refractivity contribution in [3.05, 3.63) is 23.5 Å². The minimum absolute atomic E-state index is 0.226. The topological polar surface area (TPSA) is 59.1 Å². The van der Waals surface area contributed by atoms with Crippen LogP contribution in [0.1, 0.15) is 24.2 Å². The number of hydrogen-bond acceptors (Lipinski definition) is 4. The molecule has 17 heavy (non-hydrogen) atoms. The monoisotopic (exact) mass is 254 g/mol. The highest BCUT2D eigenvalue weighted by Crippen LogP contribution is 2.21. The van der Waals surface area contributed by atoms with Crippen LogP contribution in [0.3, 0.4) is 0 Å². The van der Waals surface area contributed by atoms with Crippen LogP contribution in [-0.2, 0) is 9.84 Å². The lowest BCUT2D eigenvalue weighted by atomic mass is 10.2. The number of nitrogens with one attached hydrogen (secondary N) is 1. The average Bonchev–Trinajstić information content (AvgIpc) is 2.53. The van der Waals surface area contributed by atoms with Crippen molar-refractivity contribution in [2.24, 2.45) is 0 Å². The van der Waals surface area contributed by atoms with E-state index >= 15 is 0 Å². The van der Waals surface area contributed by atoms with Gasteiger partial charge in [-0.25, -0.2) is 8.42 Å². The molecule has 0 spiro atoms. The van der Waals surface area contributed by atoms with Crippen molar-refractivity contribution in [1.29, 1.82) is 0 Å². The zero-order chi connectivity index (χ0) is 12.5. The molecule has 1 saturated heterocycles. The van der Waals surface area contributed by atoms with E-state index in [0.29, 0.717) is 12.3 Å². The van der Waals surface area contributed by atoms with Crippen molar-refractivity contribution in [3.8, 4) is 0 Å². The van der Waals surface area contributed by atoms with Crippen LogP contribution in [0.2, 0.25) is 0 Å². The summed E-state index contributed by atoms with van der Waals surface area (Å²) in [6.07, 6.45) is 1.57. The van der Waals surface area contributed by atoms with Gasteiger partial charge in [0.2, 0.25) is 0 Å². The Morgan fingerprint density at radius 2 is 2.00 bits per heavy atom. The van der Waals surface area contributed by atoms with Gasteiger partial charge in [-0.05, 0) is 38.8 Å². The third-order valence-electron chi connectivity index (χ3n) is 3.08. The number of nitrogens with zero attached hydrogens (tertiary/aromatic N) is 1. The Morgan fingerprint density at radius 1 is 1.35 bits per heavy atom. The molecule has 1 aliphatic rings. The lowest BCUT2D eigenvalue weighted by Crippen LogP contribution is -2.25. The first-order valence-electron chi connectivity index (χ1n) is 5.88. The van der Waals surface area contributed by atoms with Gasteiger partial charge in [0, 0.05) is 23.6 Å². The Labute approximate surface area is 102 Å². The number of aromatic nitrogens is 1. The summed E-state index contributed by atoms with van der Waals surface area (Å²) in [6.45, 7) is 4.38. The van der Waals surface area contributed by atoms with E-state index in [4.69, 9.17) is 0 Å². The van der Waals surface area contributed by atoms with Gasteiger partial charge < -0.3 is 5.32 Å². The van der Waals surface area contributed by atoms with E-state index in [-0.39, 0.29) is 5.25 Å². The number of sulfone groups is 1. The maximum atomic E-state index is 11.7. The fourth-order valence-electron chi connectivity index (χ4n) is 2.26. The number of anilines is 1. The van der Waals surface area contributed by atoms with E-state index in [1.165, 1.54) is 0 Å². The van der Waals surface area contributed by atoms with E-state index in [0.717, 1.165) is 29.9 Å². The molecule has 1 aromatic heterocycles. The molecule has 1 aromatic rings. The van der Waals surface area contributed by atoms with Gasteiger partial charge in [-0.15, -0.1) is 0 Å². The summed E-state index contributed by atoms with van der Waals surface area (Å²) in [5.41, 5.74) is 2.85. The Hall–Kier alpha value is -1.10. The normalized spacial score (nSPS) is 22.6. The van der Waals surface area contributed by atoms with Gasteiger partial charge in [-0.2, -0.15) is 0 Å². The second kappa shape index (κ2) is 4.64. The standard InChI is InChI=1S/C12H18N2O2S/c1-9-6-11(7-10(2)14-9)13-8-12-4-3-5-17(12,15)16/h6-7,12H,3-5,8H2,1-2H3,(H,13,14). The van der Waals surface area contributed by atoms with E-state index in [1.807, 2.05) is 26.0 Å². The summed E-state index contributed by atoms with van der Waals surface area (Å²) in [5.74, 6) is 0.341. The minimum Gasteiger partial charge on any atom is -0.384 e. The molecule has 1 atom stereocenters. The zero-order valence-corrected chi connectivity index (χ0v) is 11.0. The highest BCUT2D eigenvalue weighted by atomic mass is 32.2. The summed E-state index contributed by atoms with van der Waals surface area (Å²) in [5, 5.41) is 2.98.